The minimum absolute atomic E-state index is 0.00236. The molecule has 4 rings (SSSR count). The Bertz CT molecular complexity index is 1310. The number of hydrogen-bond acceptors (Lipinski definition) is 8. The quantitative estimate of drug-likeness (QED) is 0.200. The second-order valence-corrected chi connectivity index (χ2v) is 10.9. The molecular weight excluding hydrogens is 464 g/mol. The van der Waals surface area contributed by atoms with Gasteiger partial charge in [-0.2, -0.15) is 5.10 Å². The predicted molar refractivity (Wildman–Crippen MR) is 121 cm³/mol. The van der Waals surface area contributed by atoms with Gasteiger partial charge in [-0.15, -0.1) is 0 Å². The van der Waals surface area contributed by atoms with Crippen LogP contribution in [0.2, 0.25) is 0 Å². The average Bonchev–Trinajstić information content (AvgIpc) is 2.96. The fourth-order valence-corrected chi connectivity index (χ4v) is 5.79. The van der Waals surface area contributed by atoms with Gasteiger partial charge in [-0.1, -0.05) is 12.1 Å². The Balaban J connectivity index is 1.32. The highest BCUT2D eigenvalue weighted by molar-refractivity contribution is 7.94. The van der Waals surface area contributed by atoms with Crippen molar-refractivity contribution in [1.82, 2.24) is 15.6 Å². The van der Waals surface area contributed by atoms with Crippen LogP contribution in [0.4, 0.5) is 0 Å². The summed E-state index contributed by atoms with van der Waals surface area (Å²) in [4.78, 5) is 37.4. The summed E-state index contributed by atoms with van der Waals surface area (Å²) in [5, 5.41) is 24.5. The van der Waals surface area contributed by atoms with Gasteiger partial charge in [-0.3, -0.25) is 14.4 Å². The van der Waals surface area contributed by atoms with Gasteiger partial charge in [0.25, 0.3) is 11.8 Å². The van der Waals surface area contributed by atoms with Crippen molar-refractivity contribution in [2.45, 2.75) is 30.0 Å². The van der Waals surface area contributed by atoms with Crippen molar-refractivity contribution in [3.05, 3.63) is 59.2 Å². The molecule has 12 heteroatoms. The number of nitrogens with one attached hydrogen (secondary N) is 2. The highest BCUT2D eigenvalue weighted by Crippen LogP contribution is 2.40. The van der Waals surface area contributed by atoms with Gasteiger partial charge in [0.05, 0.1) is 6.42 Å². The molecule has 2 saturated heterocycles. The molecule has 2 aromatic carbocycles. The van der Waals surface area contributed by atoms with Crippen LogP contribution in [0, 0.1) is 0 Å². The molecule has 2 aliphatic rings. The normalized spacial score (nSPS) is 22.8. The number of carbonyl (C=O) groups is 3. The second-order valence-electron chi connectivity index (χ2n) is 8.32. The van der Waals surface area contributed by atoms with E-state index in [1.165, 1.54) is 36.1 Å². The monoisotopic (exact) mass is 486 g/mol. The largest absolute Gasteiger partial charge is 0.504 e. The number of carbonyl (C=O) groups excluding carboxylic acids is 3. The maximum absolute atomic E-state index is 12.6. The lowest BCUT2D eigenvalue weighted by Crippen LogP contribution is -2.50. The van der Waals surface area contributed by atoms with E-state index in [-0.39, 0.29) is 42.3 Å². The molecule has 0 spiro atoms. The van der Waals surface area contributed by atoms with Gasteiger partial charge < -0.3 is 20.4 Å². The van der Waals surface area contributed by atoms with E-state index in [1.807, 2.05) is 0 Å². The molecular formula is C22H22N4O7S. The lowest BCUT2D eigenvalue weighted by atomic mass is 10.1. The van der Waals surface area contributed by atoms with Crippen molar-refractivity contribution in [2.75, 3.05) is 6.54 Å². The number of sulfone groups is 1. The minimum atomic E-state index is -3.62. The van der Waals surface area contributed by atoms with Gasteiger partial charge >= 0.3 is 0 Å². The first kappa shape index (κ1) is 23.2. The Morgan fingerprint density at radius 1 is 1.12 bits per heavy atom. The third-order valence-electron chi connectivity index (χ3n) is 5.92. The Kier molecular flexibility index (Phi) is 5.77. The van der Waals surface area contributed by atoms with Crippen LogP contribution in [0.1, 0.15) is 39.6 Å². The lowest BCUT2D eigenvalue weighted by molar-refractivity contribution is -0.140. The first-order chi connectivity index (χ1) is 16.0. The van der Waals surface area contributed by atoms with Crippen LogP contribution in [0.5, 0.6) is 11.5 Å². The Hall–Kier alpha value is -3.93. The fourth-order valence-electron chi connectivity index (χ4n) is 3.76. The van der Waals surface area contributed by atoms with E-state index >= 15 is 0 Å². The van der Waals surface area contributed by atoms with E-state index in [2.05, 4.69) is 15.8 Å². The van der Waals surface area contributed by atoms with E-state index < -0.39 is 37.5 Å². The smallest absolute Gasteiger partial charge is 0.271 e. The highest BCUT2D eigenvalue weighted by Gasteiger charge is 2.61. The van der Waals surface area contributed by atoms with Crippen molar-refractivity contribution in [3.63, 3.8) is 0 Å². The number of benzene rings is 2. The topological polar surface area (TPSA) is 165 Å². The van der Waals surface area contributed by atoms with Gasteiger partial charge in [-0.05, 0) is 42.8 Å². The first-order valence-corrected chi connectivity index (χ1v) is 11.8. The molecule has 0 saturated carbocycles. The minimum Gasteiger partial charge on any atom is -0.504 e. The summed E-state index contributed by atoms with van der Waals surface area (Å²) in [6.45, 7) is 1.63. The average molecular weight is 487 g/mol. The van der Waals surface area contributed by atoms with Gasteiger partial charge in [0.15, 0.2) is 21.3 Å². The number of rotatable bonds is 6. The molecule has 2 atom stereocenters. The van der Waals surface area contributed by atoms with E-state index in [4.69, 9.17) is 0 Å². The molecule has 0 unspecified atom stereocenters. The third-order valence-corrected chi connectivity index (χ3v) is 8.59. The number of phenols is 2. The van der Waals surface area contributed by atoms with E-state index in [9.17, 15) is 33.0 Å². The zero-order valence-electron chi connectivity index (χ0n) is 18.1. The van der Waals surface area contributed by atoms with Crippen molar-refractivity contribution < 1.29 is 33.0 Å². The summed E-state index contributed by atoms with van der Waals surface area (Å²) < 4.78 is 23.8. The summed E-state index contributed by atoms with van der Waals surface area (Å²) in [5.74, 6) is -1.94. The zero-order valence-corrected chi connectivity index (χ0v) is 18.9. The van der Waals surface area contributed by atoms with E-state index in [1.54, 1.807) is 12.1 Å². The number of fused-ring (bicyclic) bond motifs is 1. The first-order valence-electron chi connectivity index (χ1n) is 10.3. The van der Waals surface area contributed by atoms with Crippen molar-refractivity contribution in [1.29, 1.82) is 0 Å². The summed E-state index contributed by atoms with van der Waals surface area (Å²) in [6.07, 6.45) is 1.12. The third kappa shape index (κ3) is 4.07. The van der Waals surface area contributed by atoms with Gasteiger partial charge in [-0.25, -0.2) is 13.8 Å². The molecule has 34 heavy (non-hydrogen) atoms. The van der Waals surface area contributed by atoms with Crippen LogP contribution < -0.4 is 10.7 Å². The van der Waals surface area contributed by atoms with Gasteiger partial charge in [0, 0.05) is 30.4 Å². The van der Waals surface area contributed by atoms with Crippen LogP contribution in [0.25, 0.3) is 0 Å². The van der Waals surface area contributed by atoms with Crippen LogP contribution >= 0.6 is 0 Å². The molecule has 2 aliphatic heterocycles. The van der Waals surface area contributed by atoms with Crippen molar-refractivity contribution in [3.8, 4) is 11.5 Å². The summed E-state index contributed by atoms with van der Waals surface area (Å²) >= 11 is 0. The molecule has 4 N–H and O–H groups in total. The molecule has 0 aliphatic carbocycles. The highest BCUT2D eigenvalue weighted by atomic mass is 32.2. The SMILES string of the molecule is C[C@]1(/C=N/NC(=O)c2ccc(CNC(=O)c3ccc(O)c(O)c3)cc2)CN2C(=O)C[C@H]2S1(=O)=O. The fraction of sp³-hybridized carbons (Fsp3) is 0.273. The zero-order chi connectivity index (χ0) is 24.7. The molecule has 2 fully saturated rings. The maximum atomic E-state index is 12.6. The van der Waals surface area contributed by atoms with Crippen molar-refractivity contribution in [2.24, 2.45) is 5.10 Å². The molecule has 0 radical (unpaired) electrons. The van der Waals surface area contributed by atoms with Crippen LogP contribution in [-0.2, 0) is 21.2 Å². The molecule has 2 heterocycles. The molecule has 0 aromatic heterocycles. The van der Waals surface area contributed by atoms with Crippen LogP contribution in [0.15, 0.2) is 47.6 Å². The van der Waals surface area contributed by atoms with Crippen LogP contribution in [0.3, 0.4) is 0 Å². The molecule has 0 bridgehead atoms. The maximum Gasteiger partial charge on any atom is 0.271 e. The second kappa shape index (κ2) is 8.45. The van der Waals surface area contributed by atoms with Gasteiger partial charge in [0.2, 0.25) is 5.91 Å². The summed E-state index contributed by atoms with van der Waals surface area (Å²) in [6, 6.07) is 10.0. The molecule has 2 aromatic rings. The predicted octanol–water partition coefficient (Wildman–Crippen LogP) is 0.489. The number of hydrazone groups is 1. The van der Waals surface area contributed by atoms with E-state index in [0.717, 1.165) is 12.3 Å². The number of phenolic OH excluding ortho intramolecular Hbond substituents is 2. The Morgan fingerprint density at radius 3 is 2.41 bits per heavy atom. The number of hydrogen-bond donors (Lipinski definition) is 4. The summed E-state index contributed by atoms with van der Waals surface area (Å²) in [7, 11) is -3.62. The van der Waals surface area contributed by atoms with Crippen LogP contribution in [-0.4, -0.2) is 64.1 Å². The molecule has 3 amide bonds. The standard InChI is InChI=1S/C22H22N4O7S/c1-22(12-26-18(29)9-19(26)34(22,32)33)11-24-25-21(31)14-4-2-13(3-5-14)10-23-20(30)15-6-7-16(27)17(28)8-15/h2-8,11,19,27-28H,9-10,12H2,1H3,(H,23,30)(H,25,31)/b24-11+/t19-,22+/m1/s1. The Morgan fingerprint density at radius 2 is 1.79 bits per heavy atom. The van der Waals surface area contributed by atoms with E-state index in [0.29, 0.717) is 5.56 Å². The molecule has 11 nitrogen and oxygen atoms in total. The number of nitrogens with zero attached hydrogens (tertiary/aromatic N) is 2. The Labute approximate surface area is 195 Å². The number of aromatic hydroxyl groups is 2. The number of amides is 3. The van der Waals surface area contributed by atoms with Gasteiger partial charge in [0.1, 0.15) is 10.1 Å². The number of β-lactam (4-membered cyclic amide) rings is 1. The molecule has 178 valence electrons. The van der Waals surface area contributed by atoms with Crippen molar-refractivity contribution >= 4 is 33.8 Å². The lowest BCUT2D eigenvalue weighted by Gasteiger charge is -2.31. The summed E-state index contributed by atoms with van der Waals surface area (Å²) in [5.41, 5.74) is 3.45.